The Hall–Kier alpha value is -3.41. The van der Waals surface area contributed by atoms with Crippen LogP contribution in [0.3, 0.4) is 0 Å². The van der Waals surface area contributed by atoms with Crippen molar-refractivity contribution in [3.05, 3.63) is 69.0 Å². The Balaban J connectivity index is 1.58. The number of benzene rings is 1. The van der Waals surface area contributed by atoms with Crippen LogP contribution in [-0.4, -0.2) is 65.5 Å². The first kappa shape index (κ1) is 26.6. The first-order valence-electron chi connectivity index (χ1n) is 11.7. The normalized spacial score (nSPS) is 14.6. The van der Waals surface area contributed by atoms with Crippen LogP contribution in [-0.2, 0) is 16.0 Å². The predicted octanol–water partition coefficient (Wildman–Crippen LogP) is 3.60. The second kappa shape index (κ2) is 12.2. The van der Waals surface area contributed by atoms with Crippen molar-refractivity contribution in [3.8, 4) is 11.5 Å². The molecule has 9 nitrogen and oxygen atoms in total. The Labute approximate surface area is 224 Å². The molecule has 0 saturated carbocycles. The van der Waals surface area contributed by atoms with Crippen LogP contribution in [0.15, 0.2) is 52.3 Å². The molecule has 1 amide bonds. The van der Waals surface area contributed by atoms with E-state index in [-0.39, 0.29) is 11.5 Å². The van der Waals surface area contributed by atoms with Crippen molar-refractivity contribution in [2.24, 2.45) is 0 Å². The summed E-state index contributed by atoms with van der Waals surface area (Å²) in [4.78, 5) is 33.2. The van der Waals surface area contributed by atoms with Gasteiger partial charge in [-0.2, -0.15) is 0 Å². The van der Waals surface area contributed by atoms with Crippen LogP contribution < -0.4 is 20.3 Å². The number of thiocarbonyl (C=S) groups is 1. The van der Waals surface area contributed by atoms with Gasteiger partial charge < -0.3 is 19.5 Å². The molecule has 3 heterocycles. The van der Waals surface area contributed by atoms with Gasteiger partial charge in [0.15, 0.2) is 11.5 Å². The lowest BCUT2D eigenvalue weighted by Crippen LogP contribution is -2.30. The van der Waals surface area contributed by atoms with Gasteiger partial charge in [0.05, 0.1) is 24.7 Å². The van der Waals surface area contributed by atoms with Crippen molar-refractivity contribution in [1.82, 2.24) is 14.3 Å². The van der Waals surface area contributed by atoms with Gasteiger partial charge in [0, 0.05) is 33.0 Å². The summed E-state index contributed by atoms with van der Waals surface area (Å²) >= 11 is 6.69. The summed E-state index contributed by atoms with van der Waals surface area (Å²) in [6, 6.07) is 11.0. The van der Waals surface area contributed by atoms with Gasteiger partial charge in [-0.25, -0.2) is 4.98 Å². The molecular formula is C26H28N4O5S2. The highest BCUT2D eigenvalue weighted by atomic mass is 32.2. The molecule has 37 heavy (non-hydrogen) atoms. The molecule has 1 aliphatic heterocycles. The van der Waals surface area contributed by atoms with Crippen LogP contribution >= 0.6 is 24.0 Å². The van der Waals surface area contributed by atoms with Crippen LogP contribution in [0.5, 0.6) is 11.5 Å². The van der Waals surface area contributed by atoms with E-state index in [0.29, 0.717) is 63.9 Å². The third-order valence-electron chi connectivity index (χ3n) is 5.81. The van der Waals surface area contributed by atoms with E-state index in [0.717, 1.165) is 12.0 Å². The molecule has 0 aliphatic carbocycles. The molecule has 194 valence electrons. The van der Waals surface area contributed by atoms with E-state index in [4.69, 9.17) is 26.4 Å². The summed E-state index contributed by atoms with van der Waals surface area (Å²) in [6.07, 6.45) is 4.56. The minimum absolute atomic E-state index is 0.238. The first-order chi connectivity index (χ1) is 18.0. The number of hydrogen-bond acceptors (Lipinski definition) is 9. The average Bonchev–Trinajstić information content (AvgIpc) is 3.18. The van der Waals surface area contributed by atoms with Crippen molar-refractivity contribution < 1.29 is 19.0 Å². The Bertz CT molecular complexity index is 1410. The third kappa shape index (κ3) is 5.95. The highest BCUT2D eigenvalue weighted by molar-refractivity contribution is 8.26. The highest BCUT2D eigenvalue weighted by Gasteiger charge is 2.32. The number of carbonyl (C=O) groups is 1. The average molecular weight is 541 g/mol. The standard InChI is InChI=1S/C26H28N4O5S2/c1-33-14-6-11-27-23-18(24(31)29-12-5-4-7-22(29)28-23)16-21-25(32)30(26(36)37-21)13-10-17-8-9-19(34-2)20(15-17)35-3/h4-5,7-9,12,15-16,27H,6,10-11,13-14H2,1-3H3. The highest BCUT2D eigenvalue weighted by Crippen LogP contribution is 2.34. The van der Waals surface area contributed by atoms with E-state index in [1.807, 2.05) is 24.3 Å². The van der Waals surface area contributed by atoms with E-state index in [1.54, 1.807) is 50.6 Å². The maximum atomic E-state index is 13.3. The third-order valence-corrected chi connectivity index (χ3v) is 7.19. The van der Waals surface area contributed by atoms with Crippen molar-refractivity contribution in [2.45, 2.75) is 12.8 Å². The Morgan fingerprint density at radius 3 is 2.68 bits per heavy atom. The summed E-state index contributed by atoms with van der Waals surface area (Å²) < 4.78 is 17.7. The van der Waals surface area contributed by atoms with Crippen LogP contribution in [0.2, 0.25) is 0 Å². The van der Waals surface area contributed by atoms with Gasteiger partial charge in [-0.05, 0) is 48.7 Å². The maximum absolute atomic E-state index is 13.3. The fraction of sp³-hybridized carbons (Fsp3) is 0.308. The number of carbonyl (C=O) groups excluding carboxylic acids is 1. The van der Waals surface area contributed by atoms with Gasteiger partial charge >= 0.3 is 0 Å². The van der Waals surface area contributed by atoms with E-state index in [2.05, 4.69) is 10.3 Å². The summed E-state index contributed by atoms with van der Waals surface area (Å²) in [5, 5.41) is 3.22. The molecule has 0 atom stereocenters. The minimum Gasteiger partial charge on any atom is -0.493 e. The second-order valence-electron chi connectivity index (χ2n) is 8.15. The lowest BCUT2D eigenvalue weighted by molar-refractivity contribution is -0.122. The van der Waals surface area contributed by atoms with Crippen molar-refractivity contribution in [3.63, 3.8) is 0 Å². The lowest BCUT2D eigenvalue weighted by Gasteiger charge is -2.15. The van der Waals surface area contributed by atoms with E-state index < -0.39 is 0 Å². The monoisotopic (exact) mass is 540 g/mol. The number of fused-ring (bicyclic) bond motifs is 1. The number of aromatic nitrogens is 2. The summed E-state index contributed by atoms with van der Waals surface area (Å²) in [5.74, 6) is 1.45. The second-order valence-corrected chi connectivity index (χ2v) is 9.83. The fourth-order valence-electron chi connectivity index (χ4n) is 3.89. The van der Waals surface area contributed by atoms with Crippen molar-refractivity contribution in [1.29, 1.82) is 0 Å². The molecule has 2 aromatic heterocycles. The number of ether oxygens (including phenoxy) is 3. The molecule has 1 saturated heterocycles. The summed E-state index contributed by atoms with van der Waals surface area (Å²) in [6.45, 7) is 1.54. The van der Waals surface area contributed by atoms with E-state index in [1.165, 1.54) is 16.2 Å². The van der Waals surface area contributed by atoms with Gasteiger partial charge in [0.1, 0.15) is 15.8 Å². The number of thioether (sulfide) groups is 1. The zero-order chi connectivity index (χ0) is 26.4. The quantitative estimate of drug-likeness (QED) is 0.222. The predicted molar refractivity (Wildman–Crippen MR) is 150 cm³/mol. The number of rotatable bonds is 11. The van der Waals surface area contributed by atoms with Crippen molar-refractivity contribution in [2.75, 3.05) is 46.3 Å². The smallest absolute Gasteiger partial charge is 0.267 e. The minimum atomic E-state index is -0.268. The molecule has 1 aliphatic rings. The summed E-state index contributed by atoms with van der Waals surface area (Å²) in [7, 11) is 4.81. The number of pyridine rings is 1. The van der Waals surface area contributed by atoms with E-state index >= 15 is 0 Å². The molecule has 1 N–H and O–H groups in total. The van der Waals surface area contributed by atoms with Gasteiger partial charge in [-0.15, -0.1) is 0 Å². The number of hydrogen-bond donors (Lipinski definition) is 1. The molecule has 11 heteroatoms. The molecule has 0 spiro atoms. The van der Waals surface area contributed by atoms with E-state index in [9.17, 15) is 9.59 Å². The molecule has 3 aromatic rings. The van der Waals surface area contributed by atoms with Gasteiger partial charge in [-0.3, -0.25) is 18.9 Å². The van der Waals surface area contributed by atoms with Crippen molar-refractivity contribution >= 4 is 51.7 Å². The largest absolute Gasteiger partial charge is 0.493 e. The molecule has 1 fully saturated rings. The Kier molecular flexibility index (Phi) is 8.80. The molecule has 4 rings (SSSR count). The molecule has 0 radical (unpaired) electrons. The maximum Gasteiger partial charge on any atom is 0.267 e. The van der Waals surface area contributed by atoms with Crippen LogP contribution in [0, 0.1) is 0 Å². The number of nitrogens with zero attached hydrogens (tertiary/aromatic N) is 3. The number of nitrogens with one attached hydrogen (secondary N) is 1. The Morgan fingerprint density at radius 1 is 1.11 bits per heavy atom. The summed E-state index contributed by atoms with van der Waals surface area (Å²) in [5.41, 5.74) is 1.54. The molecular weight excluding hydrogens is 512 g/mol. The number of amides is 1. The zero-order valence-corrected chi connectivity index (χ0v) is 22.5. The molecule has 0 bridgehead atoms. The van der Waals surface area contributed by atoms with Gasteiger partial charge in [-0.1, -0.05) is 36.1 Å². The van der Waals surface area contributed by atoms with Crippen LogP contribution in [0.25, 0.3) is 11.7 Å². The number of anilines is 1. The van der Waals surface area contributed by atoms with Crippen LogP contribution in [0.4, 0.5) is 5.82 Å². The SMILES string of the molecule is COCCCNc1nc2ccccn2c(=O)c1C=C1SC(=S)N(CCc2ccc(OC)c(OC)c2)C1=O. The number of methoxy groups -OCH3 is 3. The molecule has 1 aromatic carbocycles. The zero-order valence-electron chi connectivity index (χ0n) is 20.9. The van der Waals surface area contributed by atoms with Crippen LogP contribution in [0.1, 0.15) is 17.5 Å². The lowest BCUT2D eigenvalue weighted by atomic mass is 10.1. The van der Waals surface area contributed by atoms with Gasteiger partial charge in [0.2, 0.25) is 0 Å². The Morgan fingerprint density at radius 2 is 1.92 bits per heavy atom. The fourth-order valence-corrected chi connectivity index (χ4v) is 5.18. The molecule has 0 unspecified atom stereocenters. The first-order valence-corrected chi connectivity index (χ1v) is 12.9. The topological polar surface area (TPSA) is 94.4 Å². The van der Waals surface area contributed by atoms with Gasteiger partial charge in [0.25, 0.3) is 11.5 Å².